The third-order valence-electron chi connectivity index (χ3n) is 6.86. The van der Waals surface area contributed by atoms with Crippen molar-refractivity contribution in [2.45, 2.75) is 11.4 Å². The number of rotatable bonds is 6. The lowest BCUT2D eigenvalue weighted by atomic mass is 10.1. The van der Waals surface area contributed by atoms with Crippen molar-refractivity contribution in [3.8, 4) is 0 Å². The Labute approximate surface area is 215 Å². The predicted molar refractivity (Wildman–Crippen MR) is 143 cm³/mol. The van der Waals surface area contributed by atoms with Gasteiger partial charge in [-0.05, 0) is 48.0 Å². The normalized spacial score (nSPS) is 15.2. The summed E-state index contributed by atoms with van der Waals surface area (Å²) in [6, 6.07) is 21.3. The van der Waals surface area contributed by atoms with E-state index in [0.717, 1.165) is 16.6 Å². The number of carbonyl (C=O) groups excluding carboxylic acids is 1. The van der Waals surface area contributed by atoms with Gasteiger partial charge in [-0.25, -0.2) is 13.2 Å². The van der Waals surface area contributed by atoms with Crippen LogP contribution in [0.15, 0.2) is 82.5 Å². The molecule has 1 saturated heterocycles. The van der Waals surface area contributed by atoms with Crippen molar-refractivity contribution >= 4 is 32.7 Å². The van der Waals surface area contributed by atoms with Gasteiger partial charge in [-0.1, -0.05) is 30.3 Å². The summed E-state index contributed by atoms with van der Waals surface area (Å²) in [5.41, 5.74) is 3.63. The molecular formula is C27H29N5O4S. The summed E-state index contributed by atoms with van der Waals surface area (Å²) in [6.07, 6.45) is 0. The van der Waals surface area contributed by atoms with Crippen LogP contribution in [0.5, 0.6) is 0 Å². The van der Waals surface area contributed by atoms with Gasteiger partial charge in [0.2, 0.25) is 10.0 Å². The Morgan fingerprint density at radius 2 is 1.49 bits per heavy atom. The molecule has 0 radical (unpaired) electrons. The number of amides is 1. The van der Waals surface area contributed by atoms with E-state index in [-0.39, 0.29) is 11.6 Å². The average Bonchev–Trinajstić information content (AvgIpc) is 3.13. The Balaban J connectivity index is 1.18. The van der Waals surface area contributed by atoms with Crippen LogP contribution in [0.4, 0.5) is 5.69 Å². The minimum atomic E-state index is -3.47. The van der Waals surface area contributed by atoms with E-state index in [4.69, 9.17) is 0 Å². The lowest BCUT2D eigenvalue weighted by Gasteiger charge is -2.34. The number of fused-ring (bicyclic) bond motifs is 1. The van der Waals surface area contributed by atoms with Gasteiger partial charge >= 0.3 is 5.69 Å². The largest absolute Gasteiger partial charge is 0.328 e. The fourth-order valence-corrected chi connectivity index (χ4v) is 6.12. The molecule has 0 aliphatic carbocycles. The molecule has 1 N–H and O–H groups in total. The number of sulfonamides is 1. The molecule has 1 amide bonds. The molecule has 1 aliphatic rings. The van der Waals surface area contributed by atoms with E-state index in [1.54, 1.807) is 77.8 Å². The number of hydrogen-bond acceptors (Lipinski definition) is 5. The van der Waals surface area contributed by atoms with Crippen LogP contribution in [0.2, 0.25) is 0 Å². The summed E-state index contributed by atoms with van der Waals surface area (Å²) in [7, 11) is -0.0461. The second kappa shape index (κ2) is 9.97. The summed E-state index contributed by atoms with van der Waals surface area (Å²) in [6.45, 7) is 2.83. The van der Waals surface area contributed by atoms with Crippen molar-refractivity contribution < 1.29 is 13.2 Å². The van der Waals surface area contributed by atoms with Crippen LogP contribution >= 0.6 is 0 Å². The Hall–Kier alpha value is -3.73. The molecule has 2 heterocycles. The second-order valence-electron chi connectivity index (χ2n) is 9.25. The molecule has 4 aromatic rings. The molecule has 1 aromatic heterocycles. The summed E-state index contributed by atoms with van der Waals surface area (Å²) < 4.78 is 30.3. The second-order valence-corrected chi connectivity index (χ2v) is 11.2. The maximum Gasteiger partial charge on any atom is 0.328 e. The number of benzene rings is 3. The van der Waals surface area contributed by atoms with Crippen molar-refractivity contribution in [3.63, 3.8) is 0 Å². The maximum absolute atomic E-state index is 12.8. The Kier molecular flexibility index (Phi) is 6.72. The van der Waals surface area contributed by atoms with Gasteiger partial charge in [-0.3, -0.25) is 18.8 Å². The van der Waals surface area contributed by atoms with Crippen LogP contribution in [0, 0.1) is 0 Å². The molecule has 192 valence electrons. The standard InChI is InChI=1S/C27H29N5O4S/c1-29-24-13-12-22(18-25(24)30(2)27(29)34)28-26(33)21-10-8-20(9-11-21)19-31-14-16-32(17-15-31)37(35,36)23-6-4-3-5-7-23/h3-13,18H,14-17,19H2,1-2H3,(H,28,33). The number of anilines is 1. The minimum Gasteiger partial charge on any atom is -0.322 e. The molecule has 0 saturated carbocycles. The van der Waals surface area contributed by atoms with Crippen LogP contribution in [0.25, 0.3) is 11.0 Å². The van der Waals surface area contributed by atoms with Gasteiger partial charge in [0.05, 0.1) is 15.9 Å². The molecule has 10 heteroatoms. The number of nitrogens with zero attached hydrogens (tertiary/aromatic N) is 4. The highest BCUT2D eigenvalue weighted by Crippen LogP contribution is 2.20. The Morgan fingerprint density at radius 3 is 2.16 bits per heavy atom. The lowest BCUT2D eigenvalue weighted by Crippen LogP contribution is -2.48. The van der Waals surface area contributed by atoms with Gasteiger partial charge in [0, 0.05) is 58.1 Å². The minimum absolute atomic E-state index is 0.117. The summed E-state index contributed by atoms with van der Waals surface area (Å²) in [5.74, 6) is -0.230. The van der Waals surface area contributed by atoms with Crippen LogP contribution in [-0.4, -0.2) is 58.8 Å². The van der Waals surface area contributed by atoms with E-state index in [1.807, 2.05) is 18.2 Å². The van der Waals surface area contributed by atoms with E-state index >= 15 is 0 Å². The van der Waals surface area contributed by atoms with Crippen molar-refractivity contribution in [1.82, 2.24) is 18.3 Å². The van der Waals surface area contributed by atoms with Crippen molar-refractivity contribution in [2.75, 3.05) is 31.5 Å². The number of nitrogens with one attached hydrogen (secondary N) is 1. The zero-order chi connectivity index (χ0) is 26.2. The first kappa shape index (κ1) is 24.9. The molecule has 5 rings (SSSR count). The van der Waals surface area contributed by atoms with Crippen molar-refractivity contribution in [3.05, 3.63) is 94.4 Å². The van der Waals surface area contributed by atoms with Gasteiger partial charge in [-0.15, -0.1) is 0 Å². The molecular weight excluding hydrogens is 490 g/mol. The van der Waals surface area contributed by atoms with Gasteiger partial charge in [0.15, 0.2) is 0 Å². The number of aromatic nitrogens is 2. The maximum atomic E-state index is 12.8. The molecule has 0 bridgehead atoms. The average molecular weight is 520 g/mol. The quantitative estimate of drug-likeness (QED) is 0.423. The van der Waals surface area contributed by atoms with Gasteiger partial charge in [0.25, 0.3) is 5.91 Å². The zero-order valence-corrected chi connectivity index (χ0v) is 21.6. The third kappa shape index (κ3) is 4.95. The molecule has 37 heavy (non-hydrogen) atoms. The summed E-state index contributed by atoms with van der Waals surface area (Å²) in [4.78, 5) is 27.5. The van der Waals surface area contributed by atoms with Crippen LogP contribution in [0.1, 0.15) is 15.9 Å². The first-order chi connectivity index (χ1) is 17.7. The number of piperazine rings is 1. The fourth-order valence-electron chi connectivity index (χ4n) is 4.68. The molecule has 0 spiro atoms. The van der Waals surface area contributed by atoms with Crippen molar-refractivity contribution in [1.29, 1.82) is 0 Å². The van der Waals surface area contributed by atoms with Crippen LogP contribution in [0.3, 0.4) is 0 Å². The molecule has 0 unspecified atom stereocenters. The topological polar surface area (TPSA) is 96.7 Å². The van der Waals surface area contributed by atoms with E-state index < -0.39 is 10.0 Å². The molecule has 9 nitrogen and oxygen atoms in total. The third-order valence-corrected chi connectivity index (χ3v) is 8.78. The van der Waals surface area contributed by atoms with E-state index in [0.29, 0.717) is 48.9 Å². The first-order valence-electron chi connectivity index (χ1n) is 12.1. The highest BCUT2D eigenvalue weighted by atomic mass is 32.2. The number of imidazole rings is 1. The summed E-state index contributed by atoms with van der Waals surface area (Å²) in [5, 5.41) is 2.90. The number of carbonyl (C=O) groups is 1. The van der Waals surface area contributed by atoms with E-state index in [2.05, 4.69) is 10.2 Å². The van der Waals surface area contributed by atoms with Gasteiger partial charge < -0.3 is 5.32 Å². The monoisotopic (exact) mass is 519 g/mol. The van der Waals surface area contributed by atoms with E-state index in [9.17, 15) is 18.0 Å². The zero-order valence-electron chi connectivity index (χ0n) is 20.8. The fraction of sp³-hybridized carbons (Fsp3) is 0.259. The highest BCUT2D eigenvalue weighted by molar-refractivity contribution is 7.89. The smallest absolute Gasteiger partial charge is 0.322 e. The van der Waals surface area contributed by atoms with Gasteiger partial charge in [0.1, 0.15) is 0 Å². The van der Waals surface area contributed by atoms with Crippen molar-refractivity contribution in [2.24, 2.45) is 14.1 Å². The first-order valence-corrected chi connectivity index (χ1v) is 13.5. The summed E-state index contributed by atoms with van der Waals surface area (Å²) >= 11 is 0. The van der Waals surface area contributed by atoms with Crippen LogP contribution in [-0.2, 0) is 30.7 Å². The SMILES string of the molecule is Cn1c(=O)n(C)c2cc(NC(=O)c3ccc(CN4CCN(S(=O)(=O)c5ccccc5)CC4)cc3)ccc21. The molecule has 0 atom stereocenters. The molecule has 1 aliphatic heterocycles. The number of hydrogen-bond donors (Lipinski definition) is 1. The van der Waals surface area contributed by atoms with Crippen LogP contribution < -0.4 is 11.0 Å². The number of aryl methyl sites for hydroxylation is 2. The molecule has 3 aromatic carbocycles. The van der Waals surface area contributed by atoms with E-state index in [1.165, 1.54) is 4.31 Å². The molecule has 1 fully saturated rings. The highest BCUT2D eigenvalue weighted by Gasteiger charge is 2.28. The Bertz CT molecular complexity index is 1600. The van der Waals surface area contributed by atoms with Gasteiger partial charge in [-0.2, -0.15) is 4.31 Å². The predicted octanol–water partition coefficient (Wildman–Crippen LogP) is 2.64. The Morgan fingerprint density at radius 1 is 0.838 bits per heavy atom. The lowest BCUT2D eigenvalue weighted by molar-refractivity contribution is 0.102.